The number of hydrogen-bond acceptors (Lipinski definition) is 5. The van der Waals surface area contributed by atoms with Crippen molar-refractivity contribution in [2.75, 3.05) is 13.1 Å². The number of aromatic nitrogens is 2. The van der Waals surface area contributed by atoms with Gasteiger partial charge >= 0.3 is 0 Å². The van der Waals surface area contributed by atoms with Crippen LogP contribution in [0.2, 0.25) is 0 Å². The van der Waals surface area contributed by atoms with Gasteiger partial charge in [0.05, 0.1) is 6.33 Å². The molecule has 6 nitrogen and oxygen atoms in total. The highest BCUT2D eigenvalue weighted by Crippen LogP contribution is 2.26. The van der Waals surface area contributed by atoms with Crippen LogP contribution in [0.15, 0.2) is 22.8 Å². The fourth-order valence-electron chi connectivity index (χ4n) is 2.02. The second-order valence-corrected chi connectivity index (χ2v) is 7.34. The van der Waals surface area contributed by atoms with E-state index in [9.17, 15) is 8.42 Å². The zero-order valence-electron chi connectivity index (χ0n) is 12.1. The van der Waals surface area contributed by atoms with Gasteiger partial charge in [0, 0.05) is 36.3 Å². The molecular weight excluding hydrogens is 308 g/mol. The summed E-state index contributed by atoms with van der Waals surface area (Å²) < 4.78 is 27.6. The lowest BCUT2D eigenvalue weighted by Gasteiger charge is -2.09. The number of H-pyrrole nitrogens is 1. The predicted molar refractivity (Wildman–Crippen MR) is 83.9 cm³/mol. The van der Waals surface area contributed by atoms with Gasteiger partial charge in [-0.25, -0.2) is 18.1 Å². The maximum absolute atomic E-state index is 12.5. The fraction of sp³-hybridized carbons (Fsp3) is 0.462. The third-order valence-corrected chi connectivity index (χ3v) is 5.96. The summed E-state index contributed by atoms with van der Waals surface area (Å²) in [7, 11) is -3.48. The molecule has 116 valence electrons. The summed E-state index contributed by atoms with van der Waals surface area (Å²) in [6.45, 7) is 5.56. The highest BCUT2D eigenvalue weighted by molar-refractivity contribution is 7.89. The Balaban J connectivity index is 2.06. The van der Waals surface area contributed by atoms with E-state index in [4.69, 9.17) is 0 Å². The normalized spacial score (nSPS) is 11.9. The van der Waals surface area contributed by atoms with Gasteiger partial charge in [-0.2, -0.15) is 0 Å². The summed E-state index contributed by atoms with van der Waals surface area (Å²) in [6.07, 6.45) is 3.87. The second kappa shape index (κ2) is 7.17. The molecule has 3 N–H and O–H groups in total. The van der Waals surface area contributed by atoms with Gasteiger partial charge in [0.25, 0.3) is 0 Å². The number of aromatic amines is 1. The molecule has 0 saturated heterocycles. The van der Waals surface area contributed by atoms with Gasteiger partial charge in [0.15, 0.2) is 0 Å². The average molecular weight is 328 g/mol. The van der Waals surface area contributed by atoms with Crippen LogP contribution in [0, 0.1) is 6.92 Å². The Hall–Kier alpha value is -1.22. The van der Waals surface area contributed by atoms with Gasteiger partial charge in [-0.15, -0.1) is 11.3 Å². The van der Waals surface area contributed by atoms with E-state index in [0.29, 0.717) is 24.4 Å². The number of hydrogen-bond donors (Lipinski definition) is 3. The molecule has 0 saturated carbocycles. The monoisotopic (exact) mass is 328 g/mol. The van der Waals surface area contributed by atoms with Crippen molar-refractivity contribution in [3.05, 3.63) is 34.0 Å². The molecule has 2 rings (SSSR count). The minimum atomic E-state index is -3.48. The van der Waals surface area contributed by atoms with Crippen LogP contribution in [0.25, 0.3) is 0 Å². The summed E-state index contributed by atoms with van der Waals surface area (Å²) in [5.74, 6) is 0. The summed E-state index contributed by atoms with van der Waals surface area (Å²) in [5.41, 5.74) is 1.70. The van der Waals surface area contributed by atoms with Crippen molar-refractivity contribution in [3.8, 4) is 0 Å². The Bertz CT molecular complexity index is 662. The van der Waals surface area contributed by atoms with Crippen molar-refractivity contribution in [2.45, 2.75) is 31.7 Å². The summed E-state index contributed by atoms with van der Waals surface area (Å²) >= 11 is 1.48. The number of thiophene rings is 1. The molecule has 0 aliphatic carbocycles. The zero-order chi connectivity index (χ0) is 15.3. The Morgan fingerprint density at radius 1 is 1.43 bits per heavy atom. The molecule has 0 aromatic carbocycles. The van der Waals surface area contributed by atoms with E-state index < -0.39 is 10.0 Å². The third kappa shape index (κ3) is 4.13. The maximum Gasteiger partial charge on any atom is 0.241 e. The first kappa shape index (κ1) is 16.2. The fourth-order valence-corrected chi connectivity index (χ4v) is 4.83. The van der Waals surface area contributed by atoms with Gasteiger partial charge < -0.3 is 10.3 Å². The first-order chi connectivity index (χ1) is 10.0. The van der Waals surface area contributed by atoms with E-state index in [1.807, 2.05) is 19.2 Å². The topological polar surface area (TPSA) is 86.9 Å². The molecule has 2 aromatic rings. The smallest absolute Gasteiger partial charge is 0.241 e. The van der Waals surface area contributed by atoms with Crippen LogP contribution in [0.3, 0.4) is 0 Å². The van der Waals surface area contributed by atoms with Gasteiger partial charge in [-0.3, -0.25) is 0 Å². The van der Waals surface area contributed by atoms with Crippen LogP contribution in [-0.2, 0) is 23.0 Å². The van der Waals surface area contributed by atoms with Gasteiger partial charge in [-0.05, 0) is 24.4 Å². The molecule has 21 heavy (non-hydrogen) atoms. The molecule has 2 heterocycles. The minimum Gasteiger partial charge on any atom is -0.348 e. The molecule has 8 heteroatoms. The molecular formula is C13H20N4O2S2. The number of rotatable bonds is 8. The Morgan fingerprint density at radius 2 is 2.24 bits per heavy atom. The molecule has 0 atom stereocenters. The lowest BCUT2D eigenvalue weighted by Crippen LogP contribution is -2.27. The molecule has 0 amide bonds. The Kier molecular flexibility index (Phi) is 5.51. The minimum absolute atomic E-state index is 0.348. The second-order valence-electron chi connectivity index (χ2n) is 4.68. The third-order valence-electron chi connectivity index (χ3n) is 3.03. The summed E-state index contributed by atoms with van der Waals surface area (Å²) in [6, 6.07) is 0. The number of nitrogens with one attached hydrogen (secondary N) is 3. The number of aryl methyl sites for hydroxylation is 1. The number of imidazole rings is 1. The van der Waals surface area contributed by atoms with Gasteiger partial charge in [0.2, 0.25) is 10.0 Å². The van der Waals surface area contributed by atoms with E-state index in [1.54, 1.807) is 12.5 Å². The van der Waals surface area contributed by atoms with E-state index in [-0.39, 0.29) is 0 Å². The van der Waals surface area contributed by atoms with Crippen LogP contribution in [0.5, 0.6) is 0 Å². The van der Waals surface area contributed by atoms with E-state index >= 15 is 0 Å². The number of nitrogens with zero attached hydrogens (tertiary/aromatic N) is 1. The van der Waals surface area contributed by atoms with E-state index in [0.717, 1.165) is 22.7 Å². The van der Waals surface area contributed by atoms with Crippen LogP contribution in [0.4, 0.5) is 0 Å². The van der Waals surface area contributed by atoms with E-state index in [1.165, 1.54) is 11.3 Å². The van der Waals surface area contributed by atoms with Crippen molar-refractivity contribution >= 4 is 21.4 Å². The SMILES string of the molecule is CCNCc1scc(C)c1S(=O)(=O)NCCc1cnc[nH]1. The summed E-state index contributed by atoms with van der Waals surface area (Å²) in [5, 5.41) is 5.06. The lowest BCUT2D eigenvalue weighted by atomic mass is 10.3. The Morgan fingerprint density at radius 3 is 2.90 bits per heavy atom. The molecule has 0 spiro atoms. The highest BCUT2D eigenvalue weighted by Gasteiger charge is 2.22. The van der Waals surface area contributed by atoms with Crippen LogP contribution >= 0.6 is 11.3 Å². The molecule has 0 aliphatic heterocycles. The quantitative estimate of drug-likeness (QED) is 0.684. The van der Waals surface area contributed by atoms with Gasteiger partial charge in [-0.1, -0.05) is 6.92 Å². The molecule has 2 aromatic heterocycles. The first-order valence-electron chi connectivity index (χ1n) is 6.79. The van der Waals surface area contributed by atoms with Crippen molar-refractivity contribution in [3.63, 3.8) is 0 Å². The van der Waals surface area contributed by atoms with Crippen LogP contribution in [0.1, 0.15) is 23.1 Å². The average Bonchev–Trinajstić information content (AvgIpc) is 3.06. The lowest BCUT2D eigenvalue weighted by molar-refractivity contribution is 0.579. The van der Waals surface area contributed by atoms with Crippen molar-refractivity contribution in [1.29, 1.82) is 0 Å². The predicted octanol–water partition coefficient (Wildman–Crippen LogP) is 1.41. The van der Waals surface area contributed by atoms with Crippen molar-refractivity contribution in [2.24, 2.45) is 0 Å². The van der Waals surface area contributed by atoms with E-state index in [2.05, 4.69) is 20.0 Å². The zero-order valence-corrected chi connectivity index (χ0v) is 13.8. The highest BCUT2D eigenvalue weighted by atomic mass is 32.2. The van der Waals surface area contributed by atoms with Crippen molar-refractivity contribution in [1.82, 2.24) is 20.0 Å². The van der Waals surface area contributed by atoms with Crippen molar-refractivity contribution < 1.29 is 8.42 Å². The maximum atomic E-state index is 12.5. The molecule has 0 radical (unpaired) electrons. The number of sulfonamides is 1. The first-order valence-corrected chi connectivity index (χ1v) is 9.15. The largest absolute Gasteiger partial charge is 0.348 e. The molecule has 0 bridgehead atoms. The Labute approximate surface area is 129 Å². The molecule has 0 aliphatic rings. The van der Waals surface area contributed by atoms with Crippen LogP contribution in [-0.4, -0.2) is 31.5 Å². The standard InChI is InChI=1S/C13H20N4O2S2/c1-3-14-7-12-13(10(2)8-20-12)21(18,19)17-5-4-11-6-15-9-16-11/h6,8-9,14,17H,3-5,7H2,1-2H3,(H,15,16). The molecule has 0 unspecified atom stereocenters. The summed E-state index contributed by atoms with van der Waals surface area (Å²) in [4.78, 5) is 8.13. The molecule has 0 fully saturated rings. The van der Waals surface area contributed by atoms with Crippen LogP contribution < -0.4 is 10.0 Å². The van der Waals surface area contributed by atoms with Gasteiger partial charge in [0.1, 0.15) is 4.90 Å².